The Morgan fingerprint density at radius 2 is 2.07 bits per heavy atom. The number of aliphatic hydroxyl groups is 1. The summed E-state index contributed by atoms with van der Waals surface area (Å²) >= 11 is 6.24. The Morgan fingerprint density at radius 1 is 1.24 bits per heavy atom. The third-order valence-electron chi connectivity index (χ3n) is 4.53. The van der Waals surface area contributed by atoms with Crippen LogP contribution >= 0.6 is 11.6 Å². The summed E-state index contributed by atoms with van der Waals surface area (Å²) in [4.78, 5) is 9.42. The number of ether oxygens (including phenoxy) is 1. The van der Waals surface area contributed by atoms with Crippen LogP contribution in [-0.4, -0.2) is 45.1 Å². The number of aryl methyl sites for hydroxylation is 2. The number of aliphatic hydroxyl groups excluding tert-OH is 1. The van der Waals surface area contributed by atoms with Crippen LogP contribution in [0.1, 0.15) is 30.4 Å². The number of anilines is 1. The van der Waals surface area contributed by atoms with Gasteiger partial charge in [0.05, 0.1) is 31.0 Å². The molecule has 9 heteroatoms. The van der Waals surface area contributed by atoms with Gasteiger partial charge < -0.3 is 20.5 Å². The summed E-state index contributed by atoms with van der Waals surface area (Å²) in [5, 5.41) is 20.8. The maximum absolute atomic E-state index is 9.01. The average Bonchev–Trinajstić information content (AvgIpc) is 3.02. The van der Waals surface area contributed by atoms with Crippen molar-refractivity contribution in [2.75, 3.05) is 25.6 Å². The molecule has 0 saturated heterocycles. The topological polar surface area (TPSA) is 97.1 Å². The summed E-state index contributed by atoms with van der Waals surface area (Å²) < 4.78 is 7.04. The molecule has 2 heterocycles. The van der Waals surface area contributed by atoms with Crippen LogP contribution in [0.4, 0.5) is 5.82 Å². The molecule has 0 aliphatic heterocycles. The van der Waals surface area contributed by atoms with E-state index in [9.17, 15) is 0 Å². The van der Waals surface area contributed by atoms with Crippen LogP contribution in [0.2, 0.25) is 5.02 Å². The molecule has 1 aromatic carbocycles. The maximum Gasteiger partial charge on any atom is 0.156 e. The molecule has 2 aromatic heterocycles. The Labute approximate surface area is 175 Å². The van der Waals surface area contributed by atoms with Gasteiger partial charge in [-0.1, -0.05) is 31.0 Å². The van der Waals surface area contributed by atoms with Gasteiger partial charge in [0.1, 0.15) is 22.6 Å². The van der Waals surface area contributed by atoms with Gasteiger partial charge in [-0.15, -0.1) is 0 Å². The lowest BCUT2D eigenvalue weighted by molar-refractivity contribution is 0.291. The first-order valence-electron chi connectivity index (χ1n) is 9.67. The van der Waals surface area contributed by atoms with Gasteiger partial charge in [0.25, 0.3) is 0 Å². The fraction of sp³-hybridized carbons (Fsp3) is 0.450. The molecular weight excluding hydrogens is 392 g/mol. The van der Waals surface area contributed by atoms with Gasteiger partial charge in [0, 0.05) is 20.1 Å². The van der Waals surface area contributed by atoms with E-state index < -0.39 is 0 Å². The van der Waals surface area contributed by atoms with E-state index >= 15 is 0 Å². The number of hydrogen-bond acceptors (Lipinski definition) is 7. The molecule has 0 saturated carbocycles. The van der Waals surface area contributed by atoms with Gasteiger partial charge in [-0.25, -0.2) is 9.97 Å². The van der Waals surface area contributed by atoms with Crippen LogP contribution < -0.4 is 15.4 Å². The zero-order valence-corrected chi connectivity index (χ0v) is 17.8. The quantitative estimate of drug-likeness (QED) is 0.435. The van der Waals surface area contributed by atoms with Crippen molar-refractivity contribution in [3.63, 3.8) is 0 Å². The van der Waals surface area contributed by atoms with Crippen LogP contribution in [0.3, 0.4) is 0 Å². The summed E-state index contributed by atoms with van der Waals surface area (Å²) in [7, 11) is 3.50. The van der Waals surface area contributed by atoms with Gasteiger partial charge in [0.2, 0.25) is 0 Å². The number of aromatic nitrogens is 4. The van der Waals surface area contributed by atoms with Crippen molar-refractivity contribution in [2.45, 2.75) is 32.9 Å². The number of hydrogen-bond donors (Lipinski definition) is 3. The molecule has 0 unspecified atom stereocenters. The number of rotatable bonds is 10. The minimum atomic E-state index is 0.0690. The highest BCUT2D eigenvalue weighted by Crippen LogP contribution is 2.27. The molecule has 0 spiro atoms. The Hall–Kier alpha value is -2.42. The van der Waals surface area contributed by atoms with E-state index in [2.05, 4.69) is 22.7 Å². The van der Waals surface area contributed by atoms with Crippen LogP contribution in [0.15, 0.2) is 18.2 Å². The monoisotopic (exact) mass is 418 g/mol. The summed E-state index contributed by atoms with van der Waals surface area (Å²) in [5.41, 5.74) is 3.71. The van der Waals surface area contributed by atoms with Crippen molar-refractivity contribution in [3.8, 4) is 5.75 Å². The first-order valence-corrected chi connectivity index (χ1v) is 10.1. The Morgan fingerprint density at radius 3 is 2.76 bits per heavy atom. The summed E-state index contributed by atoms with van der Waals surface area (Å²) in [6.07, 6.45) is 1.84. The highest BCUT2D eigenvalue weighted by atomic mass is 35.5. The van der Waals surface area contributed by atoms with E-state index in [-0.39, 0.29) is 6.61 Å². The molecule has 0 fully saturated rings. The molecule has 3 N–H and O–H groups in total. The highest BCUT2D eigenvalue weighted by Gasteiger charge is 2.17. The second-order valence-corrected chi connectivity index (χ2v) is 7.14. The van der Waals surface area contributed by atoms with E-state index in [0.717, 1.165) is 41.0 Å². The molecule has 0 bridgehead atoms. The molecule has 3 rings (SSSR count). The van der Waals surface area contributed by atoms with Gasteiger partial charge in [0.15, 0.2) is 5.82 Å². The molecule has 0 radical (unpaired) electrons. The fourth-order valence-electron chi connectivity index (χ4n) is 3.18. The van der Waals surface area contributed by atoms with Crippen molar-refractivity contribution in [1.82, 2.24) is 25.1 Å². The molecule has 156 valence electrons. The molecule has 8 nitrogen and oxygen atoms in total. The number of nitrogens with zero attached hydrogens (tertiary/aromatic N) is 4. The smallest absolute Gasteiger partial charge is 0.156 e. The normalized spacial score (nSPS) is 11.2. The number of nitrogens with one attached hydrogen (secondary N) is 2. The summed E-state index contributed by atoms with van der Waals surface area (Å²) in [6.45, 7) is 3.70. The molecule has 29 heavy (non-hydrogen) atoms. The van der Waals surface area contributed by atoms with Crippen LogP contribution in [0, 0.1) is 0 Å². The van der Waals surface area contributed by atoms with Gasteiger partial charge >= 0.3 is 0 Å². The molecular formula is C20H27ClN6O2. The highest BCUT2D eigenvalue weighted by molar-refractivity contribution is 6.32. The maximum atomic E-state index is 9.01. The SMILES string of the molecule is CCCc1nn(C)c2c(NCc3ccc(OC)c(Cl)c3)nc(CNCCO)nc12. The van der Waals surface area contributed by atoms with Crippen molar-refractivity contribution in [3.05, 3.63) is 40.3 Å². The Kier molecular flexibility index (Phi) is 7.24. The van der Waals surface area contributed by atoms with E-state index in [4.69, 9.17) is 31.4 Å². The summed E-state index contributed by atoms with van der Waals surface area (Å²) in [6, 6.07) is 5.69. The van der Waals surface area contributed by atoms with Gasteiger partial charge in [-0.05, 0) is 24.1 Å². The van der Waals surface area contributed by atoms with Crippen LogP contribution in [0.25, 0.3) is 11.0 Å². The lowest BCUT2D eigenvalue weighted by Gasteiger charge is -2.11. The van der Waals surface area contributed by atoms with E-state index in [1.165, 1.54) is 0 Å². The lowest BCUT2D eigenvalue weighted by Crippen LogP contribution is -2.19. The second-order valence-electron chi connectivity index (χ2n) is 6.73. The van der Waals surface area contributed by atoms with E-state index in [1.807, 2.05) is 29.9 Å². The second kappa shape index (κ2) is 9.87. The first kappa shape index (κ1) is 21.3. The number of halogens is 1. The number of benzene rings is 1. The third-order valence-corrected chi connectivity index (χ3v) is 4.83. The van der Waals surface area contributed by atoms with Crippen molar-refractivity contribution in [2.24, 2.45) is 7.05 Å². The standard InChI is InChI=1S/C20H27ClN6O2/c1-4-5-15-18-19(27(2)26-15)20(25-17(24-18)12-22-8-9-28)23-11-13-6-7-16(29-3)14(21)10-13/h6-7,10,22,28H,4-5,8-9,11-12H2,1-3H3,(H,23,24,25). The van der Waals surface area contributed by atoms with Gasteiger partial charge in [-0.2, -0.15) is 5.10 Å². The third kappa shape index (κ3) is 4.95. The van der Waals surface area contributed by atoms with Crippen molar-refractivity contribution in [1.29, 1.82) is 0 Å². The number of methoxy groups -OCH3 is 1. The average molecular weight is 419 g/mol. The van der Waals surface area contributed by atoms with E-state index in [1.54, 1.807) is 7.11 Å². The van der Waals surface area contributed by atoms with Crippen molar-refractivity contribution < 1.29 is 9.84 Å². The minimum Gasteiger partial charge on any atom is -0.495 e. The van der Waals surface area contributed by atoms with Gasteiger partial charge in [-0.3, -0.25) is 4.68 Å². The van der Waals surface area contributed by atoms with Crippen molar-refractivity contribution >= 4 is 28.5 Å². The Bertz CT molecular complexity index is 975. The largest absolute Gasteiger partial charge is 0.495 e. The first-order chi connectivity index (χ1) is 14.1. The van der Waals surface area contributed by atoms with Crippen LogP contribution in [-0.2, 0) is 26.6 Å². The number of fused-ring (bicyclic) bond motifs is 1. The lowest BCUT2D eigenvalue weighted by atomic mass is 10.2. The Balaban J connectivity index is 1.92. The molecule has 0 aliphatic rings. The fourth-order valence-corrected chi connectivity index (χ4v) is 3.46. The minimum absolute atomic E-state index is 0.0690. The predicted molar refractivity (Wildman–Crippen MR) is 114 cm³/mol. The van der Waals surface area contributed by atoms with Crippen LogP contribution in [0.5, 0.6) is 5.75 Å². The molecule has 0 aliphatic carbocycles. The zero-order valence-electron chi connectivity index (χ0n) is 17.0. The zero-order chi connectivity index (χ0) is 20.8. The molecule has 0 atom stereocenters. The van der Waals surface area contributed by atoms with E-state index in [0.29, 0.717) is 36.2 Å². The predicted octanol–water partition coefficient (Wildman–Crippen LogP) is 2.67. The molecule has 3 aromatic rings. The summed E-state index contributed by atoms with van der Waals surface area (Å²) in [5.74, 6) is 2.03. The molecule has 0 amide bonds.